The van der Waals surface area contributed by atoms with E-state index in [0.717, 1.165) is 26.2 Å². The third kappa shape index (κ3) is 4.45. The second kappa shape index (κ2) is 8.76. The highest BCUT2D eigenvalue weighted by molar-refractivity contribution is 9.10. The molecule has 6 heteroatoms. The van der Waals surface area contributed by atoms with Crippen molar-refractivity contribution in [1.29, 1.82) is 0 Å². The van der Waals surface area contributed by atoms with Crippen LogP contribution in [-0.2, 0) is 0 Å². The van der Waals surface area contributed by atoms with Gasteiger partial charge in [0.25, 0.3) is 0 Å². The van der Waals surface area contributed by atoms with Gasteiger partial charge in [0.15, 0.2) is 0 Å². The monoisotopic (exact) mass is 440 g/mol. The second-order valence-electron chi connectivity index (χ2n) is 6.62. The van der Waals surface area contributed by atoms with E-state index in [1.54, 1.807) is 23.7 Å². The maximum absolute atomic E-state index is 5.04. The zero-order valence-corrected chi connectivity index (χ0v) is 17.4. The first-order chi connectivity index (χ1) is 13.3. The zero-order valence-electron chi connectivity index (χ0n) is 15.0. The Morgan fingerprint density at radius 1 is 1.07 bits per heavy atom. The Kier molecular flexibility index (Phi) is 5.94. The van der Waals surface area contributed by atoms with E-state index in [0.29, 0.717) is 6.04 Å². The Bertz CT molecular complexity index is 985. The molecule has 1 aliphatic rings. The first-order valence-corrected chi connectivity index (χ1v) is 10.9. The van der Waals surface area contributed by atoms with Gasteiger partial charge in [0, 0.05) is 21.6 Å². The van der Waals surface area contributed by atoms with Crippen LogP contribution in [-0.4, -0.2) is 21.9 Å². The lowest BCUT2D eigenvalue weighted by Gasteiger charge is -2.16. The Morgan fingerprint density at radius 2 is 1.89 bits per heavy atom. The number of aromatic nitrogens is 2. The van der Waals surface area contributed by atoms with Gasteiger partial charge in [-0.25, -0.2) is 4.68 Å². The van der Waals surface area contributed by atoms with Crippen molar-refractivity contribution in [3.8, 4) is 11.3 Å². The molecule has 2 aromatic heterocycles. The standard InChI is InChI=1S/C21H21BrN4S/c22-19-12-5-4-11-18(19)20-15-27-21(25-16-8-2-1-3-9-16)26(20)24-14-17-10-6-7-13-23-17/h4-7,10-16H,1-3,8-9H2. The fourth-order valence-corrected chi connectivity index (χ4v) is 4.68. The highest BCUT2D eigenvalue weighted by Gasteiger charge is 2.14. The number of pyridine rings is 1. The molecule has 0 radical (unpaired) electrons. The lowest BCUT2D eigenvalue weighted by Crippen LogP contribution is -2.19. The molecule has 2 heterocycles. The van der Waals surface area contributed by atoms with E-state index in [2.05, 4.69) is 38.4 Å². The van der Waals surface area contributed by atoms with E-state index in [-0.39, 0.29) is 0 Å². The van der Waals surface area contributed by atoms with E-state index in [4.69, 9.17) is 10.1 Å². The fourth-order valence-electron chi connectivity index (χ4n) is 3.29. The van der Waals surface area contributed by atoms with E-state index >= 15 is 0 Å². The summed E-state index contributed by atoms with van der Waals surface area (Å²) < 4.78 is 3.00. The molecule has 3 aromatic rings. The van der Waals surface area contributed by atoms with E-state index in [1.807, 2.05) is 35.0 Å². The SMILES string of the molecule is Brc1ccccc1-c1csc(=NC2CCCCC2)n1N=Cc1ccccn1. The van der Waals surface area contributed by atoms with Crippen molar-refractivity contribution in [2.24, 2.45) is 10.1 Å². The molecule has 1 aromatic carbocycles. The summed E-state index contributed by atoms with van der Waals surface area (Å²) in [6, 6.07) is 14.5. The number of thiazole rings is 1. The number of hydrogen-bond donors (Lipinski definition) is 0. The summed E-state index contributed by atoms with van der Waals surface area (Å²) >= 11 is 5.32. The highest BCUT2D eigenvalue weighted by Crippen LogP contribution is 2.28. The highest BCUT2D eigenvalue weighted by atomic mass is 79.9. The molecule has 27 heavy (non-hydrogen) atoms. The van der Waals surface area contributed by atoms with Gasteiger partial charge in [-0.2, -0.15) is 5.10 Å². The summed E-state index contributed by atoms with van der Waals surface area (Å²) in [6.07, 6.45) is 9.80. The van der Waals surface area contributed by atoms with Crippen LogP contribution in [0, 0.1) is 0 Å². The number of benzene rings is 1. The minimum atomic E-state index is 0.403. The molecule has 0 bridgehead atoms. The topological polar surface area (TPSA) is 42.5 Å². The van der Waals surface area contributed by atoms with E-state index < -0.39 is 0 Å². The van der Waals surface area contributed by atoms with Crippen LogP contribution in [0.3, 0.4) is 0 Å². The molecule has 1 saturated carbocycles. The largest absolute Gasteiger partial charge is 0.255 e. The number of hydrogen-bond acceptors (Lipinski definition) is 4. The molecule has 4 rings (SSSR count). The number of rotatable bonds is 4. The summed E-state index contributed by atoms with van der Waals surface area (Å²) in [7, 11) is 0. The molecular formula is C21H21BrN4S. The van der Waals surface area contributed by atoms with Gasteiger partial charge in [-0.15, -0.1) is 11.3 Å². The summed E-state index contributed by atoms with van der Waals surface area (Å²) in [4.78, 5) is 10.3. The van der Waals surface area contributed by atoms with Crippen molar-refractivity contribution in [1.82, 2.24) is 9.66 Å². The molecule has 138 valence electrons. The molecule has 0 amide bonds. The van der Waals surface area contributed by atoms with E-state index in [9.17, 15) is 0 Å². The van der Waals surface area contributed by atoms with Gasteiger partial charge in [0.1, 0.15) is 0 Å². The first-order valence-electron chi connectivity index (χ1n) is 9.26. The lowest BCUT2D eigenvalue weighted by molar-refractivity contribution is 0.435. The van der Waals surface area contributed by atoms with Gasteiger partial charge in [0.2, 0.25) is 4.80 Å². The van der Waals surface area contributed by atoms with Gasteiger partial charge in [-0.05, 0) is 31.0 Å². The zero-order chi connectivity index (χ0) is 18.5. The molecule has 1 fully saturated rings. The molecule has 0 spiro atoms. The van der Waals surface area contributed by atoms with Crippen LogP contribution in [0.4, 0.5) is 0 Å². The molecular weight excluding hydrogens is 420 g/mol. The summed E-state index contributed by atoms with van der Waals surface area (Å²) in [5.41, 5.74) is 2.98. The molecule has 1 aliphatic carbocycles. The molecule has 0 unspecified atom stereocenters. The molecule has 0 atom stereocenters. The maximum Gasteiger partial charge on any atom is 0.206 e. The first kappa shape index (κ1) is 18.3. The number of nitrogens with zero attached hydrogens (tertiary/aromatic N) is 4. The maximum atomic E-state index is 5.04. The average Bonchev–Trinajstić information content (AvgIpc) is 3.10. The Morgan fingerprint density at radius 3 is 2.67 bits per heavy atom. The number of halogens is 1. The quantitative estimate of drug-likeness (QED) is 0.494. The van der Waals surface area contributed by atoms with Gasteiger partial charge in [-0.1, -0.05) is 59.5 Å². The molecule has 0 saturated heterocycles. The van der Waals surface area contributed by atoms with Crippen LogP contribution in [0.25, 0.3) is 11.3 Å². The molecule has 0 aliphatic heterocycles. The second-order valence-corrected chi connectivity index (χ2v) is 8.31. The minimum absolute atomic E-state index is 0.403. The predicted molar refractivity (Wildman–Crippen MR) is 115 cm³/mol. The van der Waals surface area contributed by atoms with Crippen molar-refractivity contribution in [3.05, 3.63) is 69.0 Å². The van der Waals surface area contributed by atoms with Gasteiger partial charge in [0.05, 0.1) is 23.6 Å². The smallest absolute Gasteiger partial charge is 0.206 e. The third-order valence-corrected chi connectivity index (χ3v) is 6.22. The average molecular weight is 441 g/mol. The summed E-state index contributed by atoms with van der Waals surface area (Å²) in [5.74, 6) is 0. The van der Waals surface area contributed by atoms with Crippen molar-refractivity contribution in [3.63, 3.8) is 0 Å². The van der Waals surface area contributed by atoms with Crippen LogP contribution in [0.1, 0.15) is 37.8 Å². The lowest BCUT2D eigenvalue weighted by atomic mass is 9.96. The normalized spacial score (nSPS) is 16.3. The third-order valence-electron chi connectivity index (χ3n) is 4.70. The van der Waals surface area contributed by atoms with Crippen LogP contribution >= 0.6 is 27.3 Å². The molecule has 0 N–H and O–H groups in total. The predicted octanol–water partition coefficient (Wildman–Crippen LogP) is 5.49. The van der Waals surface area contributed by atoms with Crippen LogP contribution in [0.5, 0.6) is 0 Å². The summed E-state index contributed by atoms with van der Waals surface area (Å²) in [5, 5.41) is 6.88. The molecule has 4 nitrogen and oxygen atoms in total. The van der Waals surface area contributed by atoms with Crippen LogP contribution in [0.15, 0.2) is 68.6 Å². The van der Waals surface area contributed by atoms with Gasteiger partial charge < -0.3 is 0 Å². The minimum Gasteiger partial charge on any atom is -0.255 e. The van der Waals surface area contributed by atoms with Crippen molar-refractivity contribution in [2.75, 3.05) is 0 Å². The fraction of sp³-hybridized carbons (Fsp3) is 0.286. The Hall–Kier alpha value is -2.05. The Balaban J connectivity index is 1.79. The Labute approximate surface area is 171 Å². The van der Waals surface area contributed by atoms with Gasteiger partial charge >= 0.3 is 0 Å². The van der Waals surface area contributed by atoms with Crippen molar-refractivity contribution >= 4 is 33.5 Å². The van der Waals surface area contributed by atoms with E-state index in [1.165, 1.54) is 32.1 Å². The van der Waals surface area contributed by atoms with Crippen LogP contribution < -0.4 is 4.80 Å². The van der Waals surface area contributed by atoms with Gasteiger partial charge in [-0.3, -0.25) is 9.98 Å². The van der Waals surface area contributed by atoms with Crippen molar-refractivity contribution < 1.29 is 0 Å². The van der Waals surface area contributed by atoms with Crippen molar-refractivity contribution in [2.45, 2.75) is 38.1 Å². The van der Waals surface area contributed by atoms with Crippen LogP contribution in [0.2, 0.25) is 0 Å². The summed E-state index contributed by atoms with van der Waals surface area (Å²) in [6.45, 7) is 0.